The summed E-state index contributed by atoms with van der Waals surface area (Å²) in [5.74, 6) is -4.01. The van der Waals surface area contributed by atoms with E-state index in [-0.39, 0.29) is 19.8 Å². The van der Waals surface area contributed by atoms with E-state index < -0.39 is 83.4 Å². The molecule has 6 aliphatic rings. The molecule has 4 aliphatic heterocycles. The van der Waals surface area contributed by atoms with Gasteiger partial charge in [-0.2, -0.15) is 0 Å². The first-order valence-electron chi connectivity index (χ1n) is 24.7. The number of allylic oxidation sites excluding steroid dienone is 2. The second-order valence-corrected chi connectivity index (χ2v) is 19.0. The fourth-order valence-electron chi connectivity index (χ4n) is 11.8. The number of primary amides is 1. The van der Waals surface area contributed by atoms with Gasteiger partial charge in [-0.15, -0.1) is 0 Å². The molecular weight excluding hydrogens is 915 g/mol. The lowest BCUT2D eigenvalue weighted by Gasteiger charge is -2.47. The molecule has 16 nitrogen and oxygen atoms in total. The van der Waals surface area contributed by atoms with Crippen LogP contribution in [0.5, 0.6) is 5.75 Å². The van der Waals surface area contributed by atoms with Gasteiger partial charge in [-0.25, -0.2) is 9.59 Å². The predicted molar refractivity (Wildman–Crippen MR) is 269 cm³/mol. The smallest absolute Gasteiger partial charge is 0.325 e. The van der Waals surface area contributed by atoms with Crippen LogP contribution in [0.25, 0.3) is 0 Å². The van der Waals surface area contributed by atoms with Crippen molar-refractivity contribution in [1.82, 2.24) is 20.4 Å². The summed E-state index contributed by atoms with van der Waals surface area (Å²) in [5, 5.41) is 18.6. The Balaban J connectivity index is 1.20. The first-order chi connectivity index (χ1) is 35.1. The van der Waals surface area contributed by atoms with Crippen LogP contribution in [0.15, 0.2) is 157 Å². The van der Waals surface area contributed by atoms with Crippen molar-refractivity contribution < 1.29 is 43.3 Å². The molecule has 6 amide bonds. The number of esters is 1. The normalized spacial score (nSPS) is 27.0. The second kappa shape index (κ2) is 20.7. The number of nitrogens with one attached hydrogen (secondary N) is 3. The Morgan fingerprint density at radius 2 is 1.60 bits per heavy atom. The molecule has 10 rings (SSSR count). The number of benzene rings is 4. The maximum Gasteiger partial charge on any atom is 0.325 e. The highest BCUT2D eigenvalue weighted by Gasteiger charge is 2.78. The molecule has 0 aromatic heterocycles. The Bertz CT molecular complexity index is 2800. The average Bonchev–Trinajstić information content (AvgIpc) is 3.87. The number of ether oxygens (including phenoxy) is 3. The molecule has 4 saturated heterocycles. The van der Waals surface area contributed by atoms with Crippen molar-refractivity contribution >= 4 is 41.2 Å². The monoisotopic (exact) mass is 973 g/mol. The number of rotatable bonds is 13. The molecule has 4 aromatic carbocycles. The first kappa shape index (κ1) is 48.1. The number of hydrogen-bond acceptors (Lipinski definition) is 11. The number of nitrogens with zero attached hydrogens (tertiary/aromatic N) is 3. The molecule has 9 atom stereocenters. The molecule has 72 heavy (non-hydrogen) atoms. The van der Waals surface area contributed by atoms with Crippen molar-refractivity contribution in [1.29, 1.82) is 0 Å². The largest absolute Gasteiger partial charge is 0.491 e. The molecule has 0 radical (unpaired) electrons. The van der Waals surface area contributed by atoms with Crippen molar-refractivity contribution in [3.8, 4) is 5.75 Å². The van der Waals surface area contributed by atoms with Crippen LogP contribution in [0.3, 0.4) is 0 Å². The van der Waals surface area contributed by atoms with E-state index in [1.165, 1.54) is 4.90 Å². The van der Waals surface area contributed by atoms with E-state index in [1.807, 2.05) is 109 Å². The van der Waals surface area contributed by atoms with Crippen LogP contribution in [-0.4, -0.2) is 109 Å². The van der Waals surface area contributed by atoms with Crippen LogP contribution >= 0.6 is 0 Å². The van der Waals surface area contributed by atoms with Crippen molar-refractivity contribution in [2.24, 2.45) is 23.0 Å². The standard InChI is InChI=1S/C56H59N7O9/c1-35(37-11-5-2-6-12-37)59-55(69)62-45-26-17-36(34-58-54(57)68)33-44(45)56(53(62)67)46(51(65)60-41-20-22-42(23-21-41)61-27-30-70-31-28-61)48-52(66)72-49(39-15-9-4-10-16-39)47(38-13-7-3-8-14-38)63(48)50(56)40-18-24-43(25-19-40)71-32-29-64/h2,4-7,9-26,33,35,44-50,64H,3,8,27-32,34H2,1H3,(H,59,69)(H,60,65)(H3,57,58,68)/t35-,44?,45?,46-,47-,48-,49+,50+,56-/m1/s1. The summed E-state index contributed by atoms with van der Waals surface area (Å²) in [5.41, 5.74) is 8.58. The van der Waals surface area contributed by atoms with Gasteiger partial charge in [0.2, 0.25) is 11.8 Å². The van der Waals surface area contributed by atoms with Crippen molar-refractivity contribution in [3.05, 3.63) is 173 Å². The van der Waals surface area contributed by atoms with Gasteiger partial charge in [0.05, 0.1) is 55.3 Å². The number of nitrogens with two attached hydrogens (primary N) is 1. The number of amides is 6. The van der Waals surface area contributed by atoms with E-state index in [9.17, 15) is 9.90 Å². The number of urea groups is 2. The minimum Gasteiger partial charge on any atom is -0.491 e. The molecule has 2 unspecified atom stereocenters. The molecule has 0 bridgehead atoms. The summed E-state index contributed by atoms with van der Waals surface area (Å²) in [6, 6.07) is 27.2. The zero-order valence-corrected chi connectivity index (χ0v) is 40.0. The molecule has 4 fully saturated rings. The second-order valence-electron chi connectivity index (χ2n) is 19.0. The number of carbonyl (C=O) groups is 5. The van der Waals surface area contributed by atoms with E-state index >= 15 is 19.2 Å². The number of likely N-dealkylation sites (tertiary alicyclic amines) is 1. The van der Waals surface area contributed by atoms with Crippen LogP contribution < -0.4 is 31.3 Å². The highest BCUT2D eigenvalue weighted by Crippen LogP contribution is 2.67. The van der Waals surface area contributed by atoms with Crippen molar-refractivity contribution in [2.75, 3.05) is 56.3 Å². The molecule has 4 heterocycles. The van der Waals surface area contributed by atoms with E-state index in [4.69, 9.17) is 19.9 Å². The van der Waals surface area contributed by atoms with Crippen LogP contribution in [0.1, 0.15) is 54.6 Å². The van der Waals surface area contributed by atoms with Gasteiger partial charge in [0, 0.05) is 36.9 Å². The number of cyclic esters (lactones) is 1. The number of imide groups is 1. The van der Waals surface area contributed by atoms with E-state index in [0.717, 1.165) is 28.8 Å². The minimum absolute atomic E-state index is 0.0178. The molecule has 1 spiro atoms. The molecule has 16 heteroatoms. The van der Waals surface area contributed by atoms with Gasteiger partial charge in [-0.05, 0) is 84.0 Å². The van der Waals surface area contributed by atoms with Gasteiger partial charge in [0.25, 0.3) is 0 Å². The molecule has 6 N–H and O–H groups in total. The quantitative estimate of drug-likeness (QED) is 0.0946. The molecular formula is C56H59N7O9. The number of anilines is 2. The summed E-state index contributed by atoms with van der Waals surface area (Å²) < 4.78 is 18.1. The van der Waals surface area contributed by atoms with E-state index in [2.05, 4.69) is 33.0 Å². The summed E-state index contributed by atoms with van der Waals surface area (Å²) in [6.07, 6.45) is 12.2. The van der Waals surface area contributed by atoms with Gasteiger partial charge < -0.3 is 45.9 Å². The van der Waals surface area contributed by atoms with Crippen LogP contribution in [0, 0.1) is 17.3 Å². The topological polar surface area (TPSA) is 205 Å². The Kier molecular flexibility index (Phi) is 13.8. The molecule has 4 aromatic rings. The van der Waals surface area contributed by atoms with E-state index in [1.54, 1.807) is 36.4 Å². The highest BCUT2D eigenvalue weighted by atomic mass is 16.6. The zero-order valence-electron chi connectivity index (χ0n) is 40.0. The number of hydrogen-bond donors (Lipinski definition) is 5. The lowest BCUT2D eigenvalue weighted by atomic mass is 9.60. The lowest BCUT2D eigenvalue weighted by molar-refractivity contribution is -0.174. The first-order valence-corrected chi connectivity index (χ1v) is 24.7. The Morgan fingerprint density at radius 3 is 2.28 bits per heavy atom. The number of aliphatic hydroxyl groups is 1. The average molecular weight is 974 g/mol. The number of aliphatic hydroxyl groups excluding tert-OH is 1. The summed E-state index contributed by atoms with van der Waals surface area (Å²) >= 11 is 0. The molecule has 0 saturated carbocycles. The van der Waals surface area contributed by atoms with Crippen molar-refractivity contribution in [2.45, 2.75) is 56.1 Å². The van der Waals surface area contributed by atoms with Gasteiger partial charge in [-0.3, -0.25) is 24.2 Å². The van der Waals surface area contributed by atoms with Gasteiger partial charge in [0.1, 0.15) is 24.5 Å². The third-order valence-electron chi connectivity index (χ3n) is 14.9. The Hall–Kier alpha value is -7.53. The highest BCUT2D eigenvalue weighted by molar-refractivity contribution is 6.08. The number of fused-ring (bicyclic) bond motifs is 3. The fraction of sp³-hybridized carbons (Fsp3) is 0.339. The van der Waals surface area contributed by atoms with Gasteiger partial charge in [-0.1, -0.05) is 109 Å². The lowest BCUT2D eigenvalue weighted by Crippen LogP contribution is -2.57. The minimum atomic E-state index is -1.93. The third-order valence-corrected chi connectivity index (χ3v) is 14.9. The van der Waals surface area contributed by atoms with Gasteiger partial charge >= 0.3 is 18.0 Å². The Morgan fingerprint density at radius 1 is 0.875 bits per heavy atom. The SMILES string of the molecule is C[C@@H](NC(=O)N1C(=O)[C@@]2(C3C=C(CNC(N)=O)C=CC31)[C@H](c1ccc(OCCO)cc1)N1[C@H](C3=CCCC=C3)[C@H](c3ccccc3)OC(=O)[C@H]1[C@@H]2C(=O)Nc1ccc(N2CCOCC2)cc1)c1ccccc1. The van der Waals surface area contributed by atoms with Crippen LogP contribution in [0.2, 0.25) is 0 Å². The summed E-state index contributed by atoms with van der Waals surface area (Å²) in [7, 11) is 0. The Labute approximate surface area is 418 Å². The molecule has 372 valence electrons. The molecule has 2 aliphatic carbocycles. The summed E-state index contributed by atoms with van der Waals surface area (Å²) in [4.78, 5) is 81.2. The maximum atomic E-state index is 16.7. The fourth-order valence-corrected chi connectivity index (χ4v) is 11.8. The van der Waals surface area contributed by atoms with Crippen LogP contribution in [-0.2, 0) is 23.9 Å². The van der Waals surface area contributed by atoms with Crippen LogP contribution in [0.4, 0.5) is 21.0 Å². The zero-order chi connectivity index (χ0) is 49.9. The van der Waals surface area contributed by atoms with E-state index in [0.29, 0.717) is 55.3 Å². The number of morpholine rings is 2. The maximum absolute atomic E-state index is 16.7. The van der Waals surface area contributed by atoms with Gasteiger partial charge in [0.15, 0.2) is 0 Å². The summed E-state index contributed by atoms with van der Waals surface area (Å²) in [6.45, 7) is 4.24. The predicted octanol–water partition coefficient (Wildman–Crippen LogP) is 6.27. The third kappa shape index (κ3) is 8.94. The number of carbonyl (C=O) groups excluding carboxylic acids is 5. The van der Waals surface area contributed by atoms with Crippen molar-refractivity contribution in [3.63, 3.8) is 0 Å².